The third-order valence-corrected chi connectivity index (χ3v) is 4.56. The highest BCUT2D eigenvalue weighted by molar-refractivity contribution is 7.09. The number of hydrogen-bond donors (Lipinski definition) is 1. The van der Waals surface area contributed by atoms with Gasteiger partial charge in [-0.05, 0) is 31.2 Å². The molecule has 2 aromatic carbocycles. The van der Waals surface area contributed by atoms with Crippen LogP contribution in [0.4, 0.5) is 11.4 Å². The van der Waals surface area contributed by atoms with Crippen molar-refractivity contribution in [3.8, 4) is 11.3 Å². The van der Waals surface area contributed by atoms with Crippen LogP contribution >= 0.6 is 22.9 Å². The molecule has 0 radical (unpaired) electrons. The molecule has 0 fully saturated rings. The lowest BCUT2D eigenvalue weighted by Gasteiger charge is -2.06. The number of nitro benzene ring substituents is 1. The fourth-order valence-electron chi connectivity index (χ4n) is 2.22. The molecule has 0 saturated heterocycles. The van der Waals surface area contributed by atoms with Gasteiger partial charge in [0.15, 0.2) is 0 Å². The average Bonchev–Trinajstić information content (AvgIpc) is 3.02. The number of thiazole rings is 1. The van der Waals surface area contributed by atoms with Crippen LogP contribution in [0.3, 0.4) is 0 Å². The van der Waals surface area contributed by atoms with Crippen LogP contribution in [0.25, 0.3) is 11.3 Å². The minimum Gasteiger partial charge on any atom is -0.322 e. The molecule has 126 valence electrons. The molecule has 0 unspecified atom stereocenters. The van der Waals surface area contributed by atoms with Gasteiger partial charge in [0.2, 0.25) is 0 Å². The van der Waals surface area contributed by atoms with E-state index in [-0.39, 0.29) is 16.3 Å². The van der Waals surface area contributed by atoms with Crippen molar-refractivity contribution in [2.75, 3.05) is 5.32 Å². The SMILES string of the molecule is Cc1nc(-c2ccc(NC(=O)c3ccc(Cl)c([N+](=O)[O-])c3)cc2)cs1. The van der Waals surface area contributed by atoms with Gasteiger partial charge >= 0.3 is 0 Å². The number of rotatable bonds is 4. The number of nitrogens with one attached hydrogen (secondary N) is 1. The van der Waals surface area contributed by atoms with Gasteiger partial charge in [-0.2, -0.15) is 0 Å². The number of nitrogens with zero attached hydrogens (tertiary/aromatic N) is 2. The average molecular weight is 374 g/mol. The number of halogens is 1. The van der Waals surface area contributed by atoms with Crippen LogP contribution in [0.15, 0.2) is 47.8 Å². The van der Waals surface area contributed by atoms with Gasteiger partial charge in [0.1, 0.15) is 5.02 Å². The molecule has 1 N–H and O–H groups in total. The van der Waals surface area contributed by atoms with Crippen molar-refractivity contribution in [2.24, 2.45) is 0 Å². The number of carbonyl (C=O) groups is 1. The fourth-order valence-corrected chi connectivity index (χ4v) is 3.03. The predicted octanol–water partition coefficient (Wildman–Crippen LogP) is 4.93. The van der Waals surface area contributed by atoms with Gasteiger partial charge < -0.3 is 5.32 Å². The van der Waals surface area contributed by atoms with E-state index in [4.69, 9.17) is 11.6 Å². The Morgan fingerprint density at radius 1 is 1.24 bits per heavy atom. The molecule has 0 spiro atoms. The van der Waals surface area contributed by atoms with Crippen molar-refractivity contribution in [1.29, 1.82) is 0 Å². The van der Waals surface area contributed by atoms with Gasteiger partial charge in [0, 0.05) is 28.3 Å². The minimum atomic E-state index is -0.621. The lowest BCUT2D eigenvalue weighted by atomic mass is 10.1. The highest BCUT2D eigenvalue weighted by atomic mass is 35.5. The number of aromatic nitrogens is 1. The molecule has 3 aromatic rings. The standard InChI is InChI=1S/C17H12ClN3O3S/c1-10-19-15(9-25-10)11-2-5-13(6-3-11)20-17(22)12-4-7-14(18)16(8-12)21(23)24/h2-9H,1H3,(H,20,22). The summed E-state index contributed by atoms with van der Waals surface area (Å²) in [5.41, 5.74) is 2.27. The van der Waals surface area contributed by atoms with E-state index < -0.39 is 10.8 Å². The fraction of sp³-hybridized carbons (Fsp3) is 0.0588. The van der Waals surface area contributed by atoms with Crippen molar-refractivity contribution >= 4 is 40.2 Å². The Morgan fingerprint density at radius 2 is 1.96 bits per heavy atom. The molecule has 6 nitrogen and oxygen atoms in total. The van der Waals surface area contributed by atoms with Crippen molar-refractivity contribution in [3.05, 3.63) is 73.6 Å². The number of nitro groups is 1. The van der Waals surface area contributed by atoms with E-state index in [2.05, 4.69) is 10.3 Å². The van der Waals surface area contributed by atoms with Gasteiger partial charge in [0.05, 0.1) is 15.6 Å². The van der Waals surface area contributed by atoms with Crippen LogP contribution in [0.1, 0.15) is 15.4 Å². The molecular formula is C17H12ClN3O3S. The van der Waals surface area contributed by atoms with E-state index in [0.717, 1.165) is 22.3 Å². The summed E-state index contributed by atoms with van der Waals surface area (Å²) < 4.78 is 0. The summed E-state index contributed by atoms with van der Waals surface area (Å²) >= 11 is 7.32. The third-order valence-electron chi connectivity index (χ3n) is 3.46. The molecule has 0 bridgehead atoms. The second kappa shape index (κ2) is 7.00. The molecular weight excluding hydrogens is 362 g/mol. The monoisotopic (exact) mass is 373 g/mol. The summed E-state index contributed by atoms with van der Waals surface area (Å²) in [4.78, 5) is 27.0. The number of amides is 1. The van der Waals surface area contributed by atoms with E-state index in [1.807, 2.05) is 24.4 Å². The Bertz CT molecular complexity index is 954. The third kappa shape index (κ3) is 3.84. The number of hydrogen-bond acceptors (Lipinski definition) is 5. The van der Waals surface area contributed by atoms with Gasteiger partial charge in [-0.3, -0.25) is 14.9 Å². The smallest absolute Gasteiger partial charge is 0.288 e. The van der Waals surface area contributed by atoms with Crippen LogP contribution in [-0.4, -0.2) is 15.8 Å². The Hall–Kier alpha value is -2.77. The number of carbonyl (C=O) groups excluding carboxylic acids is 1. The number of benzene rings is 2. The topological polar surface area (TPSA) is 85.1 Å². The van der Waals surface area contributed by atoms with Gasteiger partial charge in [-0.25, -0.2) is 4.98 Å². The molecule has 0 aliphatic rings. The normalized spacial score (nSPS) is 10.5. The first-order chi connectivity index (χ1) is 11.9. The minimum absolute atomic E-state index is 0.00976. The highest BCUT2D eigenvalue weighted by Crippen LogP contribution is 2.26. The zero-order chi connectivity index (χ0) is 18.0. The zero-order valence-corrected chi connectivity index (χ0v) is 14.6. The Morgan fingerprint density at radius 3 is 2.56 bits per heavy atom. The second-order valence-electron chi connectivity index (χ2n) is 5.21. The lowest BCUT2D eigenvalue weighted by molar-refractivity contribution is -0.384. The molecule has 0 aliphatic heterocycles. The summed E-state index contributed by atoms with van der Waals surface area (Å²) in [7, 11) is 0. The van der Waals surface area contributed by atoms with E-state index in [1.165, 1.54) is 12.1 Å². The Labute approximate surface area is 152 Å². The largest absolute Gasteiger partial charge is 0.322 e. The summed E-state index contributed by atoms with van der Waals surface area (Å²) in [5, 5.41) is 16.6. The number of anilines is 1. The Balaban J connectivity index is 1.77. The molecule has 1 heterocycles. The van der Waals surface area contributed by atoms with Crippen LogP contribution in [-0.2, 0) is 0 Å². The lowest BCUT2D eigenvalue weighted by Crippen LogP contribution is -2.12. The number of aryl methyl sites for hydroxylation is 1. The maximum absolute atomic E-state index is 12.3. The molecule has 0 atom stereocenters. The van der Waals surface area contributed by atoms with E-state index in [9.17, 15) is 14.9 Å². The molecule has 1 aromatic heterocycles. The van der Waals surface area contributed by atoms with Crippen LogP contribution < -0.4 is 5.32 Å². The summed E-state index contributed by atoms with van der Waals surface area (Å²) in [6, 6.07) is 11.2. The van der Waals surface area contributed by atoms with E-state index in [1.54, 1.807) is 23.5 Å². The first-order valence-electron chi connectivity index (χ1n) is 7.22. The predicted molar refractivity (Wildman–Crippen MR) is 98.3 cm³/mol. The van der Waals surface area contributed by atoms with Crippen LogP contribution in [0.2, 0.25) is 5.02 Å². The van der Waals surface area contributed by atoms with Crippen LogP contribution in [0.5, 0.6) is 0 Å². The maximum Gasteiger partial charge on any atom is 0.288 e. The van der Waals surface area contributed by atoms with E-state index >= 15 is 0 Å². The van der Waals surface area contributed by atoms with Crippen molar-refractivity contribution in [2.45, 2.75) is 6.92 Å². The van der Waals surface area contributed by atoms with Gasteiger partial charge in [-0.1, -0.05) is 23.7 Å². The van der Waals surface area contributed by atoms with Gasteiger partial charge in [0.25, 0.3) is 11.6 Å². The summed E-state index contributed by atoms with van der Waals surface area (Å²) in [5.74, 6) is -0.447. The zero-order valence-electron chi connectivity index (χ0n) is 13.0. The van der Waals surface area contributed by atoms with Gasteiger partial charge in [-0.15, -0.1) is 11.3 Å². The summed E-state index contributed by atoms with van der Waals surface area (Å²) in [6.45, 7) is 1.94. The second-order valence-corrected chi connectivity index (χ2v) is 6.68. The van der Waals surface area contributed by atoms with Crippen molar-refractivity contribution in [1.82, 2.24) is 4.98 Å². The molecule has 8 heteroatoms. The Kier molecular flexibility index (Phi) is 4.78. The highest BCUT2D eigenvalue weighted by Gasteiger charge is 2.16. The quantitative estimate of drug-likeness (QED) is 0.518. The summed E-state index contributed by atoms with van der Waals surface area (Å²) in [6.07, 6.45) is 0. The van der Waals surface area contributed by atoms with Crippen LogP contribution in [0, 0.1) is 17.0 Å². The molecule has 25 heavy (non-hydrogen) atoms. The first-order valence-corrected chi connectivity index (χ1v) is 8.47. The molecule has 3 rings (SSSR count). The molecule has 1 amide bonds. The first kappa shape index (κ1) is 17.1. The maximum atomic E-state index is 12.3. The molecule has 0 saturated carbocycles. The molecule has 0 aliphatic carbocycles. The van der Waals surface area contributed by atoms with E-state index in [0.29, 0.717) is 5.69 Å². The van der Waals surface area contributed by atoms with Crippen molar-refractivity contribution < 1.29 is 9.72 Å². The van der Waals surface area contributed by atoms with Crippen molar-refractivity contribution in [3.63, 3.8) is 0 Å².